The summed E-state index contributed by atoms with van der Waals surface area (Å²) in [7, 11) is 1.88. The number of carbonyl (C=O) groups is 1. The Bertz CT molecular complexity index is 1150. The van der Waals surface area contributed by atoms with E-state index in [1.54, 1.807) is 6.08 Å². The molecule has 9 nitrogen and oxygen atoms in total. The normalized spacial score (nSPS) is 11.9. The zero-order valence-electron chi connectivity index (χ0n) is 18.4. The van der Waals surface area contributed by atoms with Crippen molar-refractivity contribution in [3.05, 3.63) is 122 Å². The lowest BCUT2D eigenvalue weighted by atomic mass is 10.1. The Morgan fingerprint density at radius 2 is 1.50 bits per heavy atom. The summed E-state index contributed by atoms with van der Waals surface area (Å²) in [6, 6.07) is 22.0. The Balaban J connectivity index is 1.82. The lowest BCUT2D eigenvalue weighted by molar-refractivity contribution is -0.394. The number of esters is 1. The Labute approximate surface area is 196 Å². The molecule has 1 unspecified atom stereocenters. The highest BCUT2D eigenvalue weighted by molar-refractivity contribution is 5.91. The van der Waals surface area contributed by atoms with E-state index >= 15 is 0 Å². The number of non-ortho nitro benzene ring substituents is 2. The Hall–Kier alpha value is -4.37. The maximum absolute atomic E-state index is 12.8. The molecule has 9 heteroatoms. The van der Waals surface area contributed by atoms with Gasteiger partial charge >= 0.3 is 5.97 Å². The van der Waals surface area contributed by atoms with E-state index in [4.69, 9.17) is 4.74 Å². The summed E-state index contributed by atoms with van der Waals surface area (Å²) in [6.45, 7) is 0.942. The van der Waals surface area contributed by atoms with Crippen LogP contribution in [0.1, 0.15) is 21.5 Å². The Kier molecular flexibility index (Phi) is 8.20. The van der Waals surface area contributed by atoms with Crippen LogP contribution < -0.4 is 0 Å². The van der Waals surface area contributed by atoms with Gasteiger partial charge in [-0.2, -0.15) is 0 Å². The van der Waals surface area contributed by atoms with Crippen molar-refractivity contribution in [1.29, 1.82) is 0 Å². The average Bonchev–Trinajstić information content (AvgIpc) is 2.83. The minimum Gasteiger partial charge on any atom is -0.453 e. The molecule has 0 amide bonds. The van der Waals surface area contributed by atoms with Crippen molar-refractivity contribution in [2.75, 3.05) is 13.6 Å². The first-order chi connectivity index (χ1) is 16.3. The van der Waals surface area contributed by atoms with E-state index in [1.807, 2.05) is 78.7 Å². The van der Waals surface area contributed by atoms with Crippen molar-refractivity contribution >= 4 is 23.4 Å². The molecule has 3 aromatic rings. The predicted molar refractivity (Wildman–Crippen MR) is 127 cm³/mol. The minimum atomic E-state index is -0.886. The number of ether oxygens (including phenoxy) is 1. The Morgan fingerprint density at radius 1 is 0.941 bits per heavy atom. The van der Waals surface area contributed by atoms with Crippen LogP contribution in [-0.4, -0.2) is 40.4 Å². The fraction of sp³-hybridized carbons (Fsp3) is 0.160. The van der Waals surface area contributed by atoms with Crippen molar-refractivity contribution in [3.63, 3.8) is 0 Å². The molecule has 0 fully saturated rings. The fourth-order valence-corrected chi connectivity index (χ4v) is 3.32. The molecular weight excluding hydrogens is 438 g/mol. The molecule has 0 spiro atoms. The lowest BCUT2D eigenvalue weighted by Crippen LogP contribution is -2.31. The standard InChI is InChI=1S/C25H23N3O6/c1-26(17-20-10-6-3-7-11-20)18-24(13-12-19-8-4-2-5-9-19)34-25(29)21-14-22(27(30)31)16-23(15-21)28(32)33/h2-16,24H,17-18H2,1H3/b13-12+. The number of nitro groups is 2. The van der Waals surface area contributed by atoms with Crippen LogP contribution in [0.4, 0.5) is 11.4 Å². The van der Waals surface area contributed by atoms with E-state index in [2.05, 4.69) is 0 Å². The molecule has 34 heavy (non-hydrogen) atoms. The van der Waals surface area contributed by atoms with Crippen LogP contribution in [0.5, 0.6) is 0 Å². The molecule has 0 aliphatic carbocycles. The summed E-state index contributed by atoms with van der Waals surface area (Å²) >= 11 is 0. The van der Waals surface area contributed by atoms with Crippen molar-refractivity contribution in [2.24, 2.45) is 0 Å². The largest absolute Gasteiger partial charge is 0.453 e. The summed E-state index contributed by atoms with van der Waals surface area (Å²) < 4.78 is 5.62. The van der Waals surface area contributed by atoms with Crippen LogP contribution in [-0.2, 0) is 11.3 Å². The number of hydrogen-bond donors (Lipinski definition) is 0. The van der Waals surface area contributed by atoms with Crippen LogP contribution in [0.3, 0.4) is 0 Å². The zero-order valence-corrected chi connectivity index (χ0v) is 18.4. The number of hydrogen-bond acceptors (Lipinski definition) is 7. The second kappa shape index (κ2) is 11.5. The first-order valence-electron chi connectivity index (χ1n) is 10.4. The van der Waals surface area contributed by atoms with Crippen molar-refractivity contribution in [1.82, 2.24) is 4.90 Å². The van der Waals surface area contributed by atoms with Crippen LogP contribution in [0.2, 0.25) is 0 Å². The molecule has 3 aromatic carbocycles. The average molecular weight is 461 g/mol. The molecule has 0 radical (unpaired) electrons. The van der Waals surface area contributed by atoms with Gasteiger partial charge < -0.3 is 4.74 Å². The number of carbonyl (C=O) groups excluding carboxylic acids is 1. The predicted octanol–water partition coefficient (Wildman–Crippen LogP) is 4.87. The van der Waals surface area contributed by atoms with E-state index < -0.39 is 33.3 Å². The summed E-state index contributed by atoms with van der Waals surface area (Å²) in [5.74, 6) is -0.886. The highest BCUT2D eigenvalue weighted by Gasteiger charge is 2.23. The lowest BCUT2D eigenvalue weighted by Gasteiger charge is -2.22. The van der Waals surface area contributed by atoms with Crippen LogP contribution in [0, 0.1) is 20.2 Å². The first kappa shape index (κ1) is 24.3. The minimum absolute atomic E-state index is 0.260. The third kappa shape index (κ3) is 7.07. The monoisotopic (exact) mass is 461 g/mol. The van der Waals surface area contributed by atoms with Crippen molar-refractivity contribution < 1.29 is 19.4 Å². The zero-order chi connectivity index (χ0) is 24.5. The molecule has 0 N–H and O–H groups in total. The van der Waals surface area contributed by atoms with Gasteiger partial charge in [0.05, 0.1) is 21.5 Å². The third-order valence-electron chi connectivity index (χ3n) is 4.91. The molecule has 0 aliphatic heterocycles. The van der Waals surface area contributed by atoms with E-state index in [1.165, 1.54) is 0 Å². The molecule has 0 saturated heterocycles. The molecule has 0 saturated carbocycles. The SMILES string of the molecule is CN(Cc1ccccc1)CC(/C=C/c1ccccc1)OC(=O)c1cc([N+](=O)[O-])cc([N+](=O)[O-])c1. The molecular formula is C25H23N3O6. The van der Waals surface area contributed by atoms with Gasteiger partial charge in [-0.05, 0) is 24.3 Å². The number of likely N-dealkylation sites (N-methyl/N-ethyl adjacent to an activating group) is 1. The highest BCUT2D eigenvalue weighted by atomic mass is 16.6. The molecule has 0 aliphatic rings. The maximum Gasteiger partial charge on any atom is 0.339 e. The fourth-order valence-electron chi connectivity index (χ4n) is 3.32. The maximum atomic E-state index is 12.8. The third-order valence-corrected chi connectivity index (χ3v) is 4.91. The van der Waals surface area contributed by atoms with Gasteiger partial charge in [0, 0.05) is 25.2 Å². The van der Waals surface area contributed by atoms with Gasteiger partial charge in [0.2, 0.25) is 0 Å². The highest BCUT2D eigenvalue weighted by Crippen LogP contribution is 2.23. The van der Waals surface area contributed by atoms with Crippen molar-refractivity contribution in [3.8, 4) is 0 Å². The van der Waals surface area contributed by atoms with Gasteiger partial charge in [-0.1, -0.05) is 66.7 Å². The molecule has 174 valence electrons. The second-order valence-corrected chi connectivity index (χ2v) is 7.65. The van der Waals surface area contributed by atoms with Crippen LogP contribution >= 0.6 is 0 Å². The van der Waals surface area contributed by atoms with Gasteiger partial charge in [-0.15, -0.1) is 0 Å². The summed E-state index contributed by atoms with van der Waals surface area (Å²) in [6.07, 6.45) is 2.82. The number of rotatable bonds is 10. The van der Waals surface area contributed by atoms with Gasteiger partial charge in [-0.25, -0.2) is 4.79 Å². The first-order valence-corrected chi connectivity index (χ1v) is 10.4. The summed E-state index contributed by atoms with van der Waals surface area (Å²) in [5.41, 5.74) is 0.610. The molecule has 0 heterocycles. The smallest absolute Gasteiger partial charge is 0.339 e. The van der Waals surface area contributed by atoms with Gasteiger partial charge in [0.15, 0.2) is 0 Å². The topological polar surface area (TPSA) is 116 Å². The molecule has 1 atom stereocenters. The van der Waals surface area contributed by atoms with Gasteiger partial charge in [0.1, 0.15) is 6.10 Å². The number of nitro benzene ring substituents is 2. The van der Waals surface area contributed by atoms with Crippen LogP contribution in [0.15, 0.2) is 84.9 Å². The van der Waals surface area contributed by atoms with Gasteiger partial charge in [-0.3, -0.25) is 25.1 Å². The molecule has 0 bridgehead atoms. The summed E-state index contributed by atoms with van der Waals surface area (Å²) in [5, 5.41) is 22.3. The number of nitrogens with zero attached hydrogens (tertiary/aromatic N) is 3. The Morgan fingerprint density at radius 3 is 2.06 bits per heavy atom. The van der Waals surface area contributed by atoms with E-state index in [0.29, 0.717) is 13.1 Å². The van der Waals surface area contributed by atoms with Crippen LogP contribution in [0.25, 0.3) is 6.08 Å². The van der Waals surface area contributed by atoms with Gasteiger partial charge in [0.25, 0.3) is 11.4 Å². The van der Waals surface area contributed by atoms with E-state index in [0.717, 1.165) is 29.3 Å². The quantitative estimate of drug-likeness (QED) is 0.240. The number of benzene rings is 3. The second-order valence-electron chi connectivity index (χ2n) is 7.65. The molecule has 0 aromatic heterocycles. The van der Waals surface area contributed by atoms with E-state index in [-0.39, 0.29) is 5.56 Å². The molecule has 3 rings (SSSR count). The van der Waals surface area contributed by atoms with Crippen molar-refractivity contribution in [2.45, 2.75) is 12.6 Å². The van der Waals surface area contributed by atoms with E-state index in [9.17, 15) is 25.0 Å². The summed E-state index contributed by atoms with van der Waals surface area (Å²) in [4.78, 5) is 35.6.